The molecule has 2 heterocycles. The van der Waals surface area contributed by atoms with Crippen molar-refractivity contribution in [2.75, 3.05) is 26.2 Å². The van der Waals surface area contributed by atoms with Gasteiger partial charge in [0.2, 0.25) is 0 Å². The van der Waals surface area contributed by atoms with Crippen LogP contribution in [0.1, 0.15) is 44.7 Å². The second-order valence-electron chi connectivity index (χ2n) is 8.73. The standard InChI is InChI=1S/C25H31N3O4/c29-16-17-9-11-28(12-10-17)25(32)19-7-5-18(6-8-19)24(31)27-15-23(30)22-13-20-3-1-2-4-21(20)14-26-22/h1-8,17,22-23,26,29-30H,9-16H2,(H,27,31)/t22-,23?/m0/s1. The van der Waals surface area contributed by atoms with Crippen molar-refractivity contribution in [3.8, 4) is 0 Å². The number of fused-ring (bicyclic) bond motifs is 1. The molecule has 7 heteroatoms. The van der Waals surface area contributed by atoms with Gasteiger partial charge < -0.3 is 25.7 Å². The van der Waals surface area contributed by atoms with E-state index < -0.39 is 6.10 Å². The first-order valence-electron chi connectivity index (χ1n) is 11.3. The van der Waals surface area contributed by atoms with Crippen LogP contribution in [-0.4, -0.2) is 65.3 Å². The number of piperidine rings is 1. The Balaban J connectivity index is 1.27. The third-order valence-electron chi connectivity index (χ3n) is 6.60. The normalized spacial score (nSPS) is 19.8. The maximum absolute atomic E-state index is 12.7. The minimum absolute atomic E-state index is 0.0487. The fourth-order valence-electron chi connectivity index (χ4n) is 4.46. The van der Waals surface area contributed by atoms with E-state index in [1.165, 1.54) is 11.1 Å². The van der Waals surface area contributed by atoms with Gasteiger partial charge in [0, 0.05) is 50.0 Å². The number of rotatable bonds is 6. The lowest BCUT2D eigenvalue weighted by Gasteiger charge is -2.31. The van der Waals surface area contributed by atoms with Crippen LogP contribution in [0, 0.1) is 5.92 Å². The Morgan fingerprint density at radius 1 is 1.03 bits per heavy atom. The predicted molar refractivity (Wildman–Crippen MR) is 121 cm³/mol. The smallest absolute Gasteiger partial charge is 0.253 e. The third-order valence-corrected chi connectivity index (χ3v) is 6.60. The summed E-state index contributed by atoms with van der Waals surface area (Å²) in [5.41, 5.74) is 3.47. The summed E-state index contributed by atoms with van der Waals surface area (Å²) in [4.78, 5) is 27.0. The van der Waals surface area contributed by atoms with Crippen LogP contribution in [0.3, 0.4) is 0 Å². The summed E-state index contributed by atoms with van der Waals surface area (Å²) in [7, 11) is 0. The van der Waals surface area contributed by atoms with Crippen molar-refractivity contribution in [2.24, 2.45) is 5.92 Å². The van der Waals surface area contributed by atoms with Crippen molar-refractivity contribution in [1.29, 1.82) is 0 Å². The molecular weight excluding hydrogens is 406 g/mol. The van der Waals surface area contributed by atoms with E-state index in [0.717, 1.165) is 19.3 Å². The van der Waals surface area contributed by atoms with Crippen molar-refractivity contribution in [2.45, 2.75) is 38.0 Å². The Morgan fingerprint density at radius 2 is 1.69 bits per heavy atom. The van der Waals surface area contributed by atoms with Crippen molar-refractivity contribution in [3.63, 3.8) is 0 Å². The molecule has 4 N–H and O–H groups in total. The maximum Gasteiger partial charge on any atom is 0.253 e. The van der Waals surface area contributed by atoms with Crippen LogP contribution >= 0.6 is 0 Å². The van der Waals surface area contributed by atoms with Crippen LogP contribution in [0.15, 0.2) is 48.5 Å². The Morgan fingerprint density at radius 3 is 2.38 bits per heavy atom. The molecule has 2 amide bonds. The third kappa shape index (κ3) is 5.18. The predicted octanol–water partition coefficient (Wildman–Crippen LogP) is 1.34. The lowest BCUT2D eigenvalue weighted by atomic mass is 9.93. The molecule has 0 radical (unpaired) electrons. The van der Waals surface area contributed by atoms with E-state index in [1.54, 1.807) is 29.2 Å². The van der Waals surface area contributed by atoms with Crippen LogP contribution in [0.4, 0.5) is 0 Å². The fraction of sp³-hybridized carbons (Fsp3) is 0.440. The highest BCUT2D eigenvalue weighted by atomic mass is 16.3. The molecule has 4 rings (SSSR count). The maximum atomic E-state index is 12.7. The van der Waals surface area contributed by atoms with Gasteiger partial charge in [0.05, 0.1) is 6.10 Å². The number of hydrogen-bond acceptors (Lipinski definition) is 5. The molecule has 0 bridgehead atoms. The van der Waals surface area contributed by atoms with Crippen LogP contribution in [-0.2, 0) is 13.0 Å². The van der Waals surface area contributed by atoms with Gasteiger partial charge in [0.25, 0.3) is 11.8 Å². The minimum atomic E-state index is -0.699. The number of amides is 2. The van der Waals surface area contributed by atoms with Crippen molar-refractivity contribution in [1.82, 2.24) is 15.5 Å². The van der Waals surface area contributed by atoms with Gasteiger partial charge in [-0.3, -0.25) is 9.59 Å². The quantitative estimate of drug-likeness (QED) is 0.546. The van der Waals surface area contributed by atoms with Crippen molar-refractivity contribution < 1.29 is 19.8 Å². The Labute approximate surface area is 188 Å². The summed E-state index contributed by atoms with van der Waals surface area (Å²) in [6.07, 6.45) is 1.65. The first-order valence-corrected chi connectivity index (χ1v) is 11.3. The minimum Gasteiger partial charge on any atom is -0.396 e. The van der Waals surface area contributed by atoms with Gasteiger partial charge in [0.15, 0.2) is 0 Å². The highest BCUT2D eigenvalue weighted by molar-refractivity contribution is 5.97. The van der Waals surface area contributed by atoms with Gasteiger partial charge in [-0.1, -0.05) is 24.3 Å². The van der Waals surface area contributed by atoms with E-state index in [1.807, 2.05) is 12.1 Å². The van der Waals surface area contributed by atoms with E-state index in [4.69, 9.17) is 0 Å². The number of nitrogens with one attached hydrogen (secondary N) is 2. The first kappa shape index (κ1) is 22.5. The van der Waals surface area contributed by atoms with Gasteiger partial charge in [-0.25, -0.2) is 0 Å². The average molecular weight is 438 g/mol. The molecule has 7 nitrogen and oxygen atoms in total. The number of aliphatic hydroxyl groups is 2. The topological polar surface area (TPSA) is 102 Å². The molecule has 0 spiro atoms. The summed E-state index contributed by atoms with van der Waals surface area (Å²) >= 11 is 0. The highest BCUT2D eigenvalue weighted by Gasteiger charge is 2.25. The number of carbonyl (C=O) groups excluding carboxylic acids is 2. The molecule has 2 aliphatic rings. The SMILES string of the molecule is O=C(NCC(O)[C@@H]1Cc2ccccc2CN1)c1ccc(C(=O)N2CCC(CO)CC2)cc1. The molecule has 170 valence electrons. The number of hydrogen-bond donors (Lipinski definition) is 4. The molecular formula is C25H31N3O4. The van der Waals surface area contributed by atoms with E-state index in [2.05, 4.69) is 22.8 Å². The lowest BCUT2D eigenvalue weighted by Crippen LogP contribution is -2.49. The Bertz CT molecular complexity index is 938. The van der Waals surface area contributed by atoms with Gasteiger partial charge in [0.1, 0.15) is 0 Å². The molecule has 1 saturated heterocycles. The van der Waals surface area contributed by atoms with Crippen LogP contribution < -0.4 is 10.6 Å². The number of benzene rings is 2. The molecule has 1 unspecified atom stereocenters. The summed E-state index contributed by atoms with van der Waals surface area (Å²) in [5, 5.41) is 25.9. The number of nitrogens with zero attached hydrogens (tertiary/aromatic N) is 1. The van der Waals surface area contributed by atoms with Gasteiger partial charge in [-0.05, 0) is 60.6 Å². The van der Waals surface area contributed by atoms with E-state index in [0.29, 0.717) is 30.8 Å². The summed E-state index contributed by atoms with van der Waals surface area (Å²) < 4.78 is 0. The number of likely N-dealkylation sites (tertiary alicyclic amines) is 1. The second-order valence-corrected chi connectivity index (χ2v) is 8.73. The molecule has 2 aromatic carbocycles. The van der Waals surface area contributed by atoms with Crippen molar-refractivity contribution in [3.05, 3.63) is 70.8 Å². The highest BCUT2D eigenvalue weighted by Crippen LogP contribution is 2.19. The van der Waals surface area contributed by atoms with E-state index in [-0.39, 0.29) is 36.9 Å². The Hall–Kier alpha value is -2.74. The number of carbonyl (C=O) groups is 2. The van der Waals surface area contributed by atoms with Gasteiger partial charge in [-0.2, -0.15) is 0 Å². The molecule has 0 aliphatic carbocycles. The molecule has 0 aromatic heterocycles. The second kappa shape index (κ2) is 10.3. The summed E-state index contributed by atoms with van der Waals surface area (Å²) in [5.74, 6) is -0.0468. The molecule has 2 aliphatic heterocycles. The van der Waals surface area contributed by atoms with Crippen molar-refractivity contribution >= 4 is 11.8 Å². The first-order chi connectivity index (χ1) is 15.5. The van der Waals surface area contributed by atoms with E-state index in [9.17, 15) is 19.8 Å². The zero-order valence-corrected chi connectivity index (χ0v) is 18.2. The number of aliphatic hydroxyl groups excluding tert-OH is 2. The fourth-order valence-corrected chi connectivity index (χ4v) is 4.46. The van der Waals surface area contributed by atoms with Gasteiger partial charge in [-0.15, -0.1) is 0 Å². The molecule has 0 saturated carbocycles. The van der Waals surface area contributed by atoms with E-state index >= 15 is 0 Å². The zero-order valence-electron chi connectivity index (χ0n) is 18.2. The molecule has 1 fully saturated rings. The summed E-state index contributed by atoms with van der Waals surface area (Å²) in [6, 6.07) is 14.7. The molecule has 32 heavy (non-hydrogen) atoms. The van der Waals surface area contributed by atoms with Crippen LogP contribution in [0.25, 0.3) is 0 Å². The lowest BCUT2D eigenvalue weighted by molar-refractivity contribution is 0.0650. The Kier molecular flexibility index (Phi) is 7.19. The molecule has 2 atom stereocenters. The largest absolute Gasteiger partial charge is 0.396 e. The molecule has 2 aromatic rings. The van der Waals surface area contributed by atoms with Crippen LogP contribution in [0.5, 0.6) is 0 Å². The zero-order chi connectivity index (χ0) is 22.5. The average Bonchev–Trinajstić information content (AvgIpc) is 2.86. The van der Waals surface area contributed by atoms with Gasteiger partial charge >= 0.3 is 0 Å². The summed E-state index contributed by atoms with van der Waals surface area (Å²) in [6.45, 7) is 2.32. The van der Waals surface area contributed by atoms with Crippen LogP contribution in [0.2, 0.25) is 0 Å². The monoisotopic (exact) mass is 437 g/mol.